The van der Waals surface area contributed by atoms with Crippen LogP contribution in [-0.2, 0) is 0 Å². The lowest BCUT2D eigenvalue weighted by Crippen LogP contribution is -2.25. The molecule has 1 aliphatic rings. The molecule has 2 rings (SSSR count). The van der Waals surface area contributed by atoms with E-state index in [0.29, 0.717) is 6.04 Å². The highest BCUT2D eigenvalue weighted by Gasteiger charge is 2.24. The lowest BCUT2D eigenvalue weighted by atomic mass is 10.1. The van der Waals surface area contributed by atoms with Gasteiger partial charge in [0.1, 0.15) is 5.76 Å². The Bertz CT molecular complexity index is 249. The van der Waals surface area contributed by atoms with Gasteiger partial charge in [-0.3, -0.25) is 4.90 Å². The van der Waals surface area contributed by atoms with Gasteiger partial charge in [-0.25, -0.2) is 0 Å². The molecule has 0 saturated carbocycles. The van der Waals surface area contributed by atoms with Crippen molar-refractivity contribution < 1.29 is 4.42 Å². The summed E-state index contributed by atoms with van der Waals surface area (Å²) in [5.74, 6) is 1.15. The largest absolute Gasteiger partial charge is 0.468 e. The van der Waals surface area contributed by atoms with Crippen molar-refractivity contribution in [1.82, 2.24) is 4.90 Å². The molecule has 1 fully saturated rings. The lowest BCUT2D eigenvalue weighted by molar-refractivity contribution is 0.203. The van der Waals surface area contributed by atoms with Gasteiger partial charge in [0, 0.05) is 0 Å². The summed E-state index contributed by atoms with van der Waals surface area (Å²) in [7, 11) is 0. The van der Waals surface area contributed by atoms with Gasteiger partial charge in [-0.05, 0) is 44.5 Å². The Morgan fingerprint density at radius 1 is 1.43 bits per heavy atom. The van der Waals surface area contributed by atoms with Crippen molar-refractivity contribution in [2.75, 3.05) is 13.1 Å². The molecule has 78 valence electrons. The Hall–Kier alpha value is -0.760. The predicted octanol–water partition coefficient (Wildman–Crippen LogP) is 3.22. The highest BCUT2D eigenvalue weighted by Crippen LogP contribution is 2.29. The Morgan fingerprint density at radius 3 is 2.79 bits per heavy atom. The van der Waals surface area contributed by atoms with E-state index in [1.807, 2.05) is 6.07 Å². The molecule has 1 unspecified atom stereocenters. The van der Waals surface area contributed by atoms with Crippen LogP contribution < -0.4 is 0 Å². The molecule has 0 aliphatic carbocycles. The first-order valence-electron chi connectivity index (χ1n) is 5.69. The van der Waals surface area contributed by atoms with Crippen molar-refractivity contribution in [1.29, 1.82) is 0 Å². The van der Waals surface area contributed by atoms with Gasteiger partial charge in [0.25, 0.3) is 0 Å². The third-order valence-corrected chi connectivity index (χ3v) is 3.02. The van der Waals surface area contributed by atoms with E-state index in [-0.39, 0.29) is 0 Å². The summed E-state index contributed by atoms with van der Waals surface area (Å²) >= 11 is 0. The molecule has 0 radical (unpaired) electrons. The molecule has 0 bridgehead atoms. The molecule has 1 atom stereocenters. The Labute approximate surface area is 85.9 Å². The second-order valence-electron chi connectivity index (χ2n) is 4.06. The standard InChI is InChI=1S/C12H19NO/c1-2-6-11(12-7-5-10-14-12)13-8-3-4-9-13/h5,7,10-11H,2-4,6,8-9H2,1H3. The summed E-state index contributed by atoms with van der Waals surface area (Å²) in [5, 5.41) is 0. The molecule has 2 heteroatoms. The average Bonchev–Trinajstić information content (AvgIpc) is 2.87. The quantitative estimate of drug-likeness (QED) is 0.730. The maximum atomic E-state index is 5.52. The van der Waals surface area contributed by atoms with Gasteiger partial charge in [0.15, 0.2) is 0 Å². The number of hydrogen-bond acceptors (Lipinski definition) is 2. The van der Waals surface area contributed by atoms with Crippen LogP contribution in [0, 0.1) is 0 Å². The lowest BCUT2D eigenvalue weighted by Gasteiger charge is -2.25. The molecule has 1 aliphatic heterocycles. The van der Waals surface area contributed by atoms with Crippen molar-refractivity contribution in [3.05, 3.63) is 24.2 Å². The molecule has 14 heavy (non-hydrogen) atoms. The number of likely N-dealkylation sites (tertiary alicyclic amines) is 1. The van der Waals surface area contributed by atoms with Crippen molar-refractivity contribution in [3.63, 3.8) is 0 Å². The van der Waals surface area contributed by atoms with Gasteiger partial charge < -0.3 is 4.42 Å². The van der Waals surface area contributed by atoms with Crippen LogP contribution in [0.15, 0.2) is 22.8 Å². The normalized spacial score (nSPS) is 20.1. The summed E-state index contributed by atoms with van der Waals surface area (Å²) in [6.07, 6.45) is 6.92. The smallest absolute Gasteiger partial charge is 0.120 e. The number of hydrogen-bond donors (Lipinski definition) is 0. The minimum atomic E-state index is 0.525. The maximum absolute atomic E-state index is 5.52. The van der Waals surface area contributed by atoms with Gasteiger partial charge in [-0.1, -0.05) is 13.3 Å². The van der Waals surface area contributed by atoms with E-state index in [1.165, 1.54) is 38.8 Å². The molecular formula is C12H19NO. The number of furan rings is 1. The summed E-state index contributed by atoms with van der Waals surface area (Å²) in [6.45, 7) is 4.72. The van der Waals surface area contributed by atoms with E-state index in [4.69, 9.17) is 4.42 Å². The second kappa shape index (κ2) is 4.65. The third kappa shape index (κ3) is 2.01. The van der Waals surface area contributed by atoms with Gasteiger partial charge in [0.2, 0.25) is 0 Å². The molecule has 1 saturated heterocycles. The van der Waals surface area contributed by atoms with Gasteiger partial charge in [-0.2, -0.15) is 0 Å². The highest BCUT2D eigenvalue weighted by atomic mass is 16.3. The number of nitrogens with zero attached hydrogens (tertiary/aromatic N) is 1. The predicted molar refractivity (Wildman–Crippen MR) is 57.2 cm³/mol. The van der Waals surface area contributed by atoms with E-state index >= 15 is 0 Å². The molecule has 0 aromatic carbocycles. The molecule has 1 aromatic rings. The van der Waals surface area contributed by atoms with Gasteiger partial charge in [-0.15, -0.1) is 0 Å². The zero-order valence-corrected chi connectivity index (χ0v) is 8.91. The summed E-state index contributed by atoms with van der Waals surface area (Å²) in [4.78, 5) is 2.56. The zero-order valence-electron chi connectivity index (χ0n) is 8.91. The van der Waals surface area contributed by atoms with Crippen LogP contribution in [-0.4, -0.2) is 18.0 Å². The molecule has 1 aromatic heterocycles. The second-order valence-corrected chi connectivity index (χ2v) is 4.06. The molecular weight excluding hydrogens is 174 g/mol. The van der Waals surface area contributed by atoms with Crippen LogP contribution in [0.25, 0.3) is 0 Å². The fourth-order valence-electron chi connectivity index (χ4n) is 2.31. The van der Waals surface area contributed by atoms with E-state index in [2.05, 4.69) is 17.9 Å². The minimum Gasteiger partial charge on any atom is -0.468 e. The first kappa shape index (κ1) is 9.78. The van der Waals surface area contributed by atoms with Crippen LogP contribution in [0.4, 0.5) is 0 Å². The van der Waals surface area contributed by atoms with Crippen molar-refractivity contribution in [2.24, 2.45) is 0 Å². The van der Waals surface area contributed by atoms with E-state index in [1.54, 1.807) is 6.26 Å². The van der Waals surface area contributed by atoms with Crippen LogP contribution in [0.2, 0.25) is 0 Å². The van der Waals surface area contributed by atoms with Crippen molar-refractivity contribution >= 4 is 0 Å². The molecule has 0 spiro atoms. The first-order valence-corrected chi connectivity index (χ1v) is 5.69. The van der Waals surface area contributed by atoms with Crippen molar-refractivity contribution in [3.8, 4) is 0 Å². The van der Waals surface area contributed by atoms with E-state index in [9.17, 15) is 0 Å². The van der Waals surface area contributed by atoms with Crippen LogP contribution in [0.5, 0.6) is 0 Å². The Balaban J connectivity index is 2.06. The monoisotopic (exact) mass is 193 g/mol. The number of rotatable bonds is 4. The molecule has 2 nitrogen and oxygen atoms in total. The minimum absolute atomic E-state index is 0.525. The fraction of sp³-hybridized carbons (Fsp3) is 0.667. The topological polar surface area (TPSA) is 16.4 Å². The summed E-state index contributed by atoms with van der Waals surface area (Å²) < 4.78 is 5.52. The van der Waals surface area contributed by atoms with Crippen LogP contribution in [0.1, 0.15) is 44.4 Å². The Kier molecular flexibility index (Phi) is 3.25. The zero-order chi connectivity index (χ0) is 9.80. The molecule has 0 N–H and O–H groups in total. The van der Waals surface area contributed by atoms with E-state index < -0.39 is 0 Å². The van der Waals surface area contributed by atoms with Crippen LogP contribution in [0.3, 0.4) is 0 Å². The first-order chi connectivity index (χ1) is 6.92. The van der Waals surface area contributed by atoms with Crippen molar-refractivity contribution in [2.45, 2.75) is 38.6 Å². The fourth-order valence-corrected chi connectivity index (χ4v) is 2.31. The highest BCUT2D eigenvalue weighted by molar-refractivity contribution is 5.05. The van der Waals surface area contributed by atoms with Crippen LogP contribution >= 0.6 is 0 Å². The van der Waals surface area contributed by atoms with Gasteiger partial charge in [0.05, 0.1) is 12.3 Å². The average molecular weight is 193 g/mol. The summed E-state index contributed by atoms with van der Waals surface area (Å²) in [6, 6.07) is 4.63. The molecule has 0 amide bonds. The molecule has 2 heterocycles. The third-order valence-electron chi connectivity index (χ3n) is 3.02. The summed E-state index contributed by atoms with van der Waals surface area (Å²) in [5.41, 5.74) is 0. The Morgan fingerprint density at radius 2 is 2.21 bits per heavy atom. The SMILES string of the molecule is CCCC(c1ccco1)N1CCCC1. The maximum Gasteiger partial charge on any atom is 0.120 e. The van der Waals surface area contributed by atoms with E-state index in [0.717, 1.165) is 5.76 Å². The van der Waals surface area contributed by atoms with Gasteiger partial charge >= 0.3 is 0 Å².